The molecule has 1 heterocycles. The quantitative estimate of drug-likeness (QED) is 0.459. The highest BCUT2D eigenvalue weighted by atomic mass is 32.2. The van der Waals surface area contributed by atoms with Crippen molar-refractivity contribution in [3.8, 4) is 0 Å². The summed E-state index contributed by atoms with van der Waals surface area (Å²) in [6.07, 6.45) is 1.77. The van der Waals surface area contributed by atoms with E-state index in [-0.39, 0.29) is 18.7 Å². The molecule has 6 nitrogen and oxygen atoms in total. The largest absolute Gasteiger partial charge is 0.466 e. The first-order chi connectivity index (χ1) is 9.03. The number of aromatic nitrogens is 2. The van der Waals surface area contributed by atoms with E-state index in [0.29, 0.717) is 16.4 Å². The molecule has 0 N–H and O–H groups in total. The molecule has 0 atom stereocenters. The number of hydrogen-bond donors (Lipinski definition) is 0. The van der Waals surface area contributed by atoms with Gasteiger partial charge < -0.3 is 9.47 Å². The normalized spacial score (nSPS) is 10.1. The standard InChI is InChI=1S/C12H16N2O4S/c1-5-18-9(15)6-8-10(12(16)17-3)13-7(2)14-11(8)19-4/h5-6H2,1-4H3. The predicted molar refractivity (Wildman–Crippen MR) is 70.2 cm³/mol. The van der Waals surface area contributed by atoms with E-state index >= 15 is 0 Å². The Hall–Kier alpha value is -1.63. The van der Waals surface area contributed by atoms with Crippen LogP contribution < -0.4 is 0 Å². The van der Waals surface area contributed by atoms with Crippen molar-refractivity contribution in [1.29, 1.82) is 0 Å². The topological polar surface area (TPSA) is 78.4 Å². The lowest BCUT2D eigenvalue weighted by atomic mass is 10.1. The molecule has 0 spiro atoms. The van der Waals surface area contributed by atoms with Crippen LogP contribution in [0, 0.1) is 6.92 Å². The van der Waals surface area contributed by atoms with Crippen molar-refractivity contribution in [2.45, 2.75) is 25.3 Å². The van der Waals surface area contributed by atoms with E-state index in [9.17, 15) is 9.59 Å². The van der Waals surface area contributed by atoms with E-state index in [4.69, 9.17) is 4.74 Å². The minimum Gasteiger partial charge on any atom is -0.466 e. The SMILES string of the molecule is CCOC(=O)Cc1c(SC)nc(C)nc1C(=O)OC. The Balaban J connectivity index is 3.24. The van der Waals surface area contributed by atoms with E-state index in [1.807, 2.05) is 6.26 Å². The summed E-state index contributed by atoms with van der Waals surface area (Å²) in [5, 5.41) is 0.584. The average molecular weight is 284 g/mol. The molecular weight excluding hydrogens is 268 g/mol. The summed E-state index contributed by atoms with van der Waals surface area (Å²) in [5.41, 5.74) is 0.566. The molecule has 1 aromatic rings. The van der Waals surface area contributed by atoms with Gasteiger partial charge in [-0.2, -0.15) is 0 Å². The van der Waals surface area contributed by atoms with Crippen LogP contribution in [-0.4, -0.2) is 41.9 Å². The maximum Gasteiger partial charge on any atom is 0.357 e. The van der Waals surface area contributed by atoms with Gasteiger partial charge in [0, 0.05) is 5.56 Å². The fourth-order valence-corrected chi connectivity index (χ4v) is 2.16. The number of aryl methyl sites for hydroxylation is 1. The number of carbonyl (C=O) groups is 2. The van der Waals surface area contributed by atoms with Crippen LogP contribution in [0.1, 0.15) is 28.8 Å². The lowest BCUT2D eigenvalue weighted by Crippen LogP contribution is -2.17. The first kappa shape index (κ1) is 15.4. The van der Waals surface area contributed by atoms with Gasteiger partial charge in [-0.15, -0.1) is 11.8 Å². The second-order valence-electron chi connectivity index (χ2n) is 3.58. The van der Waals surface area contributed by atoms with Crippen molar-refractivity contribution in [1.82, 2.24) is 9.97 Å². The molecule has 0 radical (unpaired) electrons. The smallest absolute Gasteiger partial charge is 0.357 e. The van der Waals surface area contributed by atoms with Crippen molar-refractivity contribution < 1.29 is 19.1 Å². The molecule has 0 aliphatic heterocycles. The Labute approximate surface area is 115 Å². The second kappa shape index (κ2) is 7.08. The molecule has 104 valence electrons. The van der Waals surface area contributed by atoms with Crippen LogP contribution in [0.4, 0.5) is 0 Å². The fraction of sp³-hybridized carbons (Fsp3) is 0.500. The highest BCUT2D eigenvalue weighted by Crippen LogP contribution is 2.22. The minimum absolute atomic E-state index is 0.0469. The molecule has 1 rings (SSSR count). The first-order valence-corrected chi connectivity index (χ1v) is 6.91. The van der Waals surface area contributed by atoms with Crippen molar-refractivity contribution in [3.63, 3.8) is 0 Å². The lowest BCUT2D eigenvalue weighted by molar-refractivity contribution is -0.142. The number of ether oxygens (including phenoxy) is 2. The third kappa shape index (κ3) is 3.92. The van der Waals surface area contributed by atoms with Gasteiger partial charge in [0.15, 0.2) is 5.69 Å². The molecular formula is C12H16N2O4S. The monoisotopic (exact) mass is 284 g/mol. The summed E-state index contributed by atoms with van der Waals surface area (Å²) in [6.45, 7) is 3.69. The summed E-state index contributed by atoms with van der Waals surface area (Å²) in [4.78, 5) is 31.6. The van der Waals surface area contributed by atoms with E-state index in [0.717, 1.165) is 0 Å². The number of methoxy groups -OCH3 is 1. The number of rotatable bonds is 5. The average Bonchev–Trinajstić information content (AvgIpc) is 2.39. The number of thioether (sulfide) groups is 1. The highest BCUT2D eigenvalue weighted by Gasteiger charge is 2.22. The van der Waals surface area contributed by atoms with Crippen LogP contribution >= 0.6 is 11.8 Å². The number of carbonyl (C=O) groups excluding carboxylic acids is 2. The zero-order valence-electron chi connectivity index (χ0n) is 11.3. The van der Waals surface area contributed by atoms with Crippen LogP contribution in [-0.2, 0) is 20.7 Å². The van der Waals surface area contributed by atoms with Crippen molar-refractivity contribution in [2.24, 2.45) is 0 Å². The van der Waals surface area contributed by atoms with Crippen molar-refractivity contribution >= 4 is 23.7 Å². The van der Waals surface area contributed by atoms with E-state index < -0.39 is 11.9 Å². The van der Waals surface area contributed by atoms with Crippen LogP contribution in [0.15, 0.2) is 5.03 Å². The van der Waals surface area contributed by atoms with Gasteiger partial charge in [-0.05, 0) is 20.1 Å². The molecule has 0 unspecified atom stereocenters. The maximum absolute atomic E-state index is 11.7. The highest BCUT2D eigenvalue weighted by molar-refractivity contribution is 7.98. The van der Waals surface area contributed by atoms with Gasteiger partial charge in [0.1, 0.15) is 10.9 Å². The second-order valence-corrected chi connectivity index (χ2v) is 4.38. The van der Waals surface area contributed by atoms with Gasteiger partial charge in [-0.25, -0.2) is 14.8 Å². The van der Waals surface area contributed by atoms with E-state index in [1.54, 1.807) is 13.8 Å². The third-order valence-electron chi connectivity index (χ3n) is 2.28. The Morgan fingerprint density at radius 3 is 2.53 bits per heavy atom. The molecule has 0 aromatic carbocycles. The summed E-state index contributed by atoms with van der Waals surface area (Å²) < 4.78 is 9.57. The van der Waals surface area contributed by atoms with Crippen LogP contribution in [0.3, 0.4) is 0 Å². The molecule has 0 amide bonds. The molecule has 0 saturated carbocycles. The maximum atomic E-state index is 11.7. The zero-order valence-corrected chi connectivity index (χ0v) is 12.2. The molecule has 0 aliphatic rings. The molecule has 1 aromatic heterocycles. The van der Waals surface area contributed by atoms with Gasteiger partial charge in [0.05, 0.1) is 20.1 Å². The van der Waals surface area contributed by atoms with Crippen LogP contribution in [0.2, 0.25) is 0 Å². The predicted octanol–water partition coefficient (Wildman–Crippen LogP) is 1.40. The van der Waals surface area contributed by atoms with Gasteiger partial charge in [-0.1, -0.05) is 0 Å². The Bertz CT molecular complexity index is 491. The molecule has 0 saturated heterocycles. The van der Waals surface area contributed by atoms with Gasteiger partial charge >= 0.3 is 11.9 Å². The molecule has 7 heteroatoms. The fourth-order valence-electron chi connectivity index (χ4n) is 1.52. The molecule has 0 fully saturated rings. The van der Waals surface area contributed by atoms with Gasteiger partial charge in [0.2, 0.25) is 0 Å². The minimum atomic E-state index is -0.583. The Kier molecular flexibility index (Phi) is 5.75. The lowest BCUT2D eigenvalue weighted by Gasteiger charge is -2.11. The summed E-state index contributed by atoms with van der Waals surface area (Å²) in [6, 6.07) is 0. The van der Waals surface area contributed by atoms with Crippen LogP contribution in [0.5, 0.6) is 0 Å². The van der Waals surface area contributed by atoms with E-state index in [1.165, 1.54) is 18.9 Å². The zero-order chi connectivity index (χ0) is 14.4. The summed E-state index contributed by atoms with van der Waals surface area (Å²) in [5.74, 6) is -0.548. The molecule has 0 bridgehead atoms. The van der Waals surface area contributed by atoms with Gasteiger partial charge in [-0.3, -0.25) is 4.79 Å². The summed E-state index contributed by atoms with van der Waals surface area (Å²) in [7, 11) is 1.27. The number of nitrogens with zero attached hydrogens (tertiary/aromatic N) is 2. The molecule has 19 heavy (non-hydrogen) atoms. The van der Waals surface area contributed by atoms with E-state index in [2.05, 4.69) is 14.7 Å². The Morgan fingerprint density at radius 2 is 2.00 bits per heavy atom. The van der Waals surface area contributed by atoms with Crippen LogP contribution in [0.25, 0.3) is 0 Å². The van der Waals surface area contributed by atoms with Crippen molar-refractivity contribution in [3.05, 3.63) is 17.1 Å². The first-order valence-electron chi connectivity index (χ1n) is 5.68. The Morgan fingerprint density at radius 1 is 1.32 bits per heavy atom. The summed E-state index contributed by atoms with van der Waals surface area (Å²) >= 11 is 1.35. The van der Waals surface area contributed by atoms with Crippen molar-refractivity contribution in [2.75, 3.05) is 20.0 Å². The third-order valence-corrected chi connectivity index (χ3v) is 3.00. The van der Waals surface area contributed by atoms with Gasteiger partial charge in [0.25, 0.3) is 0 Å². The number of hydrogen-bond acceptors (Lipinski definition) is 7. The number of esters is 2. The molecule has 0 aliphatic carbocycles.